The Morgan fingerprint density at radius 1 is 1.09 bits per heavy atom. The van der Waals surface area contributed by atoms with Crippen LogP contribution in [0.4, 0.5) is 28.9 Å². The number of benzene rings is 2. The second kappa shape index (κ2) is 16.2. The molecule has 1 aromatic heterocycles. The zero-order valence-corrected chi connectivity index (χ0v) is 34.1. The molecule has 2 unspecified atom stereocenters. The summed E-state index contributed by atoms with van der Waals surface area (Å²) in [6.45, 7) is 13.9. The largest absolute Gasteiger partial charge is 0.488 e. The number of anilines is 2. The maximum atomic E-state index is 15.4. The van der Waals surface area contributed by atoms with Gasteiger partial charge in [0, 0.05) is 37.7 Å². The van der Waals surface area contributed by atoms with Crippen molar-refractivity contribution in [2.75, 3.05) is 36.0 Å². The number of aromatic nitrogens is 1. The predicted molar refractivity (Wildman–Crippen MR) is 214 cm³/mol. The van der Waals surface area contributed by atoms with E-state index in [0.717, 1.165) is 61.6 Å². The molecule has 3 aromatic rings. The number of rotatable bonds is 11. The Labute approximate surface area is 340 Å². The summed E-state index contributed by atoms with van der Waals surface area (Å²) < 4.78 is 62.7. The van der Waals surface area contributed by atoms with Crippen LogP contribution >= 0.6 is 12.2 Å². The number of hydrogen-bond acceptors (Lipinski definition) is 8. The summed E-state index contributed by atoms with van der Waals surface area (Å²) >= 11 is 5.53. The van der Waals surface area contributed by atoms with Crippen molar-refractivity contribution in [2.45, 2.75) is 97.1 Å². The van der Waals surface area contributed by atoms with Gasteiger partial charge in [-0.25, -0.2) is 4.39 Å². The van der Waals surface area contributed by atoms with E-state index in [1.54, 1.807) is 12.1 Å². The van der Waals surface area contributed by atoms with E-state index in [0.29, 0.717) is 30.0 Å². The second-order valence-corrected chi connectivity index (χ2v) is 17.0. The lowest BCUT2D eigenvalue weighted by molar-refractivity contribution is -0.140. The summed E-state index contributed by atoms with van der Waals surface area (Å²) in [7, 11) is 0. The standard InChI is InChI=1S/C42H47F4N7O4S/c1-25-9-7-20-51(25)37(55)36(40(2,3)4)49-33(54)10-8-19-50-23-30(24-50)57-29-15-11-26(12-16-29)31-17-14-28(22-48-31)53-39(58)52(38(56)41(53,5)6)32-18-13-27(21-47)34(35(32)43)42(44,45)46/h11-18,22,25,30,36H,7-10,19-20,23-24H2,1-6H3,(H,49,54). The van der Waals surface area contributed by atoms with Gasteiger partial charge in [0.05, 0.1) is 34.9 Å². The first kappa shape index (κ1) is 42.5. The number of ether oxygens (including phenoxy) is 1. The minimum Gasteiger partial charge on any atom is -0.488 e. The molecule has 11 nitrogen and oxygen atoms in total. The van der Waals surface area contributed by atoms with E-state index in [1.165, 1.54) is 31.0 Å². The van der Waals surface area contributed by atoms with Crippen LogP contribution in [0, 0.1) is 22.6 Å². The van der Waals surface area contributed by atoms with Gasteiger partial charge in [-0.3, -0.25) is 29.2 Å². The van der Waals surface area contributed by atoms with Crippen LogP contribution in [0.5, 0.6) is 5.75 Å². The van der Waals surface area contributed by atoms with Crippen molar-refractivity contribution in [1.29, 1.82) is 5.26 Å². The number of pyridine rings is 1. The SMILES string of the molecule is CC1CCCN1C(=O)C(NC(=O)CCCN1CC(Oc2ccc(-c3ccc(N4C(=S)N(c5ccc(C#N)c(C(F)(F)F)c5F)C(=O)C4(C)C)cn3)cc2)C1)C(C)(C)C. The summed E-state index contributed by atoms with van der Waals surface area (Å²) in [4.78, 5) is 50.5. The lowest BCUT2D eigenvalue weighted by Crippen LogP contribution is -2.55. The second-order valence-electron chi connectivity index (χ2n) is 16.7. The number of likely N-dealkylation sites (tertiary alicyclic amines) is 2. The Kier molecular flexibility index (Phi) is 11.9. The third-order valence-corrected chi connectivity index (χ3v) is 11.3. The Bertz CT molecular complexity index is 2110. The van der Waals surface area contributed by atoms with Gasteiger partial charge in [0.25, 0.3) is 5.91 Å². The van der Waals surface area contributed by atoms with Crippen LogP contribution in [0.15, 0.2) is 54.7 Å². The first-order valence-corrected chi connectivity index (χ1v) is 19.7. The summed E-state index contributed by atoms with van der Waals surface area (Å²) in [5, 5.41) is 11.9. The molecule has 3 aliphatic rings. The van der Waals surface area contributed by atoms with Gasteiger partial charge in [-0.05, 0) is 113 Å². The van der Waals surface area contributed by atoms with Crippen LogP contribution in [0.3, 0.4) is 0 Å². The van der Waals surface area contributed by atoms with Crippen molar-refractivity contribution in [3.05, 3.63) is 71.7 Å². The zero-order valence-electron chi connectivity index (χ0n) is 33.3. The van der Waals surface area contributed by atoms with Gasteiger partial charge in [0.2, 0.25) is 11.8 Å². The topological polar surface area (TPSA) is 122 Å². The van der Waals surface area contributed by atoms with Crippen molar-refractivity contribution in [2.24, 2.45) is 5.41 Å². The fourth-order valence-corrected chi connectivity index (χ4v) is 8.20. The predicted octanol–water partition coefficient (Wildman–Crippen LogP) is 7.08. The minimum atomic E-state index is -5.18. The molecule has 0 radical (unpaired) electrons. The number of carbonyl (C=O) groups excluding carboxylic acids is 3. The molecule has 0 bridgehead atoms. The molecular weight excluding hydrogens is 775 g/mol. The van der Waals surface area contributed by atoms with Gasteiger partial charge in [0.15, 0.2) is 10.9 Å². The van der Waals surface area contributed by atoms with Crippen molar-refractivity contribution in [3.63, 3.8) is 0 Å². The first-order valence-electron chi connectivity index (χ1n) is 19.3. The van der Waals surface area contributed by atoms with E-state index >= 15 is 4.39 Å². The van der Waals surface area contributed by atoms with Gasteiger partial charge in [-0.1, -0.05) is 20.8 Å². The third kappa shape index (κ3) is 8.51. The van der Waals surface area contributed by atoms with E-state index in [-0.39, 0.29) is 29.1 Å². The molecule has 58 heavy (non-hydrogen) atoms. The van der Waals surface area contributed by atoms with Crippen molar-refractivity contribution >= 4 is 46.4 Å². The van der Waals surface area contributed by atoms with Gasteiger partial charge in [0.1, 0.15) is 29.0 Å². The minimum absolute atomic E-state index is 0.00448. The molecule has 3 fully saturated rings. The Balaban J connectivity index is 1.00. The van der Waals surface area contributed by atoms with Crippen molar-refractivity contribution in [1.82, 2.24) is 20.1 Å². The molecule has 3 aliphatic heterocycles. The molecule has 2 atom stereocenters. The summed E-state index contributed by atoms with van der Waals surface area (Å²) in [6.07, 6.45) is -0.741. The Hall–Kier alpha value is -5.14. The fraction of sp³-hybridized carbons (Fsp3) is 0.476. The highest BCUT2D eigenvalue weighted by atomic mass is 32.1. The molecule has 1 N–H and O–H groups in total. The molecule has 3 saturated heterocycles. The molecule has 6 rings (SSSR count). The maximum absolute atomic E-state index is 15.4. The smallest absolute Gasteiger partial charge is 0.420 e. The van der Waals surface area contributed by atoms with Gasteiger partial charge in [-0.2, -0.15) is 18.4 Å². The number of alkyl halides is 3. The lowest BCUT2D eigenvalue weighted by atomic mass is 9.85. The third-order valence-electron chi connectivity index (χ3n) is 10.9. The zero-order chi connectivity index (χ0) is 42.3. The molecule has 0 saturated carbocycles. The van der Waals surface area contributed by atoms with Crippen molar-refractivity contribution in [3.8, 4) is 23.1 Å². The van der Waals surface area contributed by atoms with E-state index in [1.807, 2.05) is 49.9 Å². The number of nitrogens with zero attached hydrogens (tertiary/aromatic N) is 6. The highest BCUT2D eigenvalue weighted by Crippen LogP contribution is 2.42. The number of halogens is 4. The van der Waals surface area contributed by atoms with E-state index in [9.17, 15) is 27.6 Å². The number of hydrogen-bond donors (Lipinski definition) is 1. The van der Waals surface area contributed by atoms with Crippen LogP contribution in [0.1, 0.15) is 78.4 Å². The molecule has 2 aromatic carbocycles. The molecule has 0 aliphatic carbocycles. The monoisotopic (exact) mass is 821 g/mol. The lowest BCUT2D eigenvalue weighted by Gasteiger charge is -2.39. The summed E-state index contributed by atoms with van der Waals surface area (Å²) in [5.74, 6) is -1.96. The summed E-state index contributed by atoms with van der Waals surface area (Å²) in [6, 6.07) is 13.5. The molecule has 308 valence electrons. The molecule has 16 heteroatoms. The Morgan fingerprint density at radius 3 is 2.34 bits per heavy atom. The Morgan fingerprint density at radius 2 is 1.78 bits per heavy atom. The van der Waals surface area contributed by atoms with E-state index in [2.05, 4.69) is 22.1 Å². The highest BCUT2D eigenvalue weighted by Gasteiger charge is 2.52. The fourth-order valence-electron chi connectivity index (χ4n) is 7.69. The summed E-state index contributed by atoms with van der Waals surface area (Å²) in [5.41, 5.74) is -3.45. The van der Waals surface area contributed by atoms with Gasteiger partial charge < -0.3 is 19.9 Å². The number of carbonyl (C=O) groups is 3. The van der Waals surface area contributed by atoms with E-state index < -0.39 is 51.7 Å². The first-order chi connectivity index (χ1) is 27.2. The average molecular weight is 822 g/mol. The van der Waals surface area contributed by atoms with Crippen LogP contribution in [-0.4, -0.2) is 87.5 Å². The van der Waals surface area contributed by atoms with Crippen LogP contribution in [0.2, 0.25) is 0 Å². The molecule has 0 spiro atoms. The van der Waals surface area contributed by atoms with Gasteiger partial charge >= 0.3 is 6.18 Å². The molecule has 3 amide bonds. The highest BCUT2D eigenvalue weighted by molar-refractivity contribution is 7.81. The molecule has 4 heterocycles. The van der Waals surface area contributed by atoms with Gasteiger partial charge in [-0.15, -0.1) is 0 Å². The number of nitriles is 1. The van der Waals surface area contributed by atoms with E-state index in [4.69, 9.17) is 22.2 Å². The van der Waals surface area contributed by atoms with Crippen molar-refractivity contribution < 1.29 is 36.7 Å². The van der Waals surface area contributed by atoms with Crippen LogP contribution < -0.4 is 19.9 Å². The quantitative estimate of drug-likeness (QED) is 0.160. The number of nitrogens with one attached hydrogen (secondary N) is 1. The normalized spacial score (nSPS) is 19.3. The number of amides is 3. The van der Waals surface area contributed by atoms with Crippen LogP contribution in [-0.2, 0) is 20.6 Å². The molecular formula is C42H47F4N7O4S. The average Bonchev–Trinajstić information content (AvgIpc) is 3.64. The van der Waals surface area contributed by atoms with Crippen LogP contribution in [0.25, 0.3) is 11.3 Å². The number of thiocarbonyl (C=S) groups is 1. The maximum Gasteiger partial charge on any atom is 0.420 e.